The van der Waals surface area contributed by atoms with Crippen LogP contribution in [0.15, 0.2) is 50.6 Å². The van der Waals surface area contributed by atoms with Crippen LogP contribution in [0.3, 0.4) is 0 Å². The van der Waals surface area contributed by atoms with E-state index in [9.17, 15) is 4.79 Å². The Morgan fingerprint density at radius 3 is 2.86 bits per heavy atom. The van der Waals surface area contributed by atoms with Crippen molar-refractivity contribution in [3.63, 3.8) is 0 Å². The van der Waals surface area contributed by atoms with Crippen molar-refractivity contribution in [2.24, 2.45) is 0 Å². The van der Waals surface area contributed by atoms with Gasteiger partial charge in [0.1, 0.15) is 5.76 Å². The van der Waals surface area contributed by atoms with E-state index in [0.717, 1.165) is 14.3 Å². The Labute approximate surface area is 155 Å². The lowest BCUT2D eigenvalue weighted by Gasteiger charge is -2.15. The molecule has 0 spiro atoms. The largest absolute Gasteiger partial charge is 0.451 e. The molecule has 0 bridgehead atoms. The molecule has 1 aromatic heterocycles. The summed E-state index contributed by atoms with van der Waals surface area (Å²) in [5.41, 5.74) is 0.798. The summed E-state index contributed by atoms with van der Waals surface area (Å²) in [6.07, 6.45) is 3.74. The fraction of sp³-hybridized carbons (Fsp3) is 0.0667. The second-order valence-corrected chi connectivity index (χ2v) is 7.98. The van der Waals surface area contributed by atoms with Gasteiger partial charge in [-0.3, -0.25) is 9.69 Å². The van der Waals surface area contributed by atoms with Gasteiger partial charge in [-0.1, -0.05) is 30.0 Å². The fourth-order valence-corrected chi connectivity index (χ4v) is 4.14. The number of carbonyl (C=O) groups is 1. The molecule has 112 valence electrons. The van der Waals surface area contributed by atoms with Crippen molar-refractivity contribution in [2.45, 2.75) is 4.90 Å². The van der Waals surface area contributed by atoms with Crippen molar-refractivity contribution in [1.82, 2.24) is 0 Å². The molecule has 1 amide bonds. The highest BCUT2D eigenvalue weighted by Crippen LogP contribution is 2.37. The minimum atomic E-state index is -0.111. The third-order valence-corrected chi connectivity index (χ3v) is 5.58. The molecule has 0 aliphatic carbocycles. The molecule has 3 rings (SSSR count). The monoisotopic (exact) mass is 459 g/mol. The second kappa shape index (κ2) is 6.77. The van der Waals surface area contributed by atoms with E-state index in [2.05, 4.69) is 22.6 Å². The topological polar surface area (TPSA) is 33.5 Å². The number of hydrogen-bond acceptors (Lipinski definition) is 5. The summed E-state index contributed by atoms with van der Waals surface area (Å²) >= 11 is 10.4. The molecule has 1 saturated heterocycles. The Hall–Kier alpha value is -0.770. The van der Waals surface area contributed by atoms with Crippen LogP contribution in [0.5, 0.6) is 0 Å². The van der Waals surface area contributed by atoms with Crippen LogP contribution in [0.2, 0.25) is 0 Å². The first kappa shape index (κ1) is 16.1. The number of carbonyl (C=O) groups excluding carboxylic acids is 1. The van der Waals surface area contributed by atoms with Crippen LogP contribution in [-0.4, -0.2) is 16.5 Å². The Bertz CT molecular complexity index is 785. The molecule has 2 heterocycles. The van der Waals surface area contributed by atoms with Crippen molar-refractivity contribution in [2.75, 3.05) is 11.2 Å². The second-order valence-electron chi connectivity index (χ2n) is 4.36. The van der Waals surface area contributed by atoms with Crippen molar-refractivity contribution in [3.05, 3.63) is 50.8 Å². The first-order valence-corrected chi connectivity index (χ1v) is 9.78. The first-order chi connectivity index (χ1) is 10.6. The van der Waals surface area contributed by atoms with Gasteiger partial charge in [-0.25, -0.2) is 0 Å². The van der Waals surface area contributed by atoms with Crippen molar-refractivity contribution >= 4 is 80.3 Å². The van der Waals surface area contributed by atoms with E-state index < -0.39 is 0 Å². The van der Waals surface area contributed by atoms with Crippen LogP contribution in [0, 0.1) is 3.77 Å². The highest BCUT2D eigenvalue weighted by Gasteiger charge is 2.33. The van der Waals surface area contributed by atoms with Crippen LogP contribution in [0.1, 0.15) is 5.76 Å². The normalized spacial score (nSPS) is 16.8. The maximum Gasteiger partial charge on any atom is 0.270 e. The van der Waals surface area contributed by atoms with Crippen molar-refractivity contribution in [3.8, 4) is 0 Å². The van der Waals surface area contributed by atoms with Crippen LogP contribution in [0.4, 0.5) is 5.69 Å². The predicted octanol–water partition coefficient (Wildman–Crippen LogP) is 5.01. The highest BCUT2D eigenvalue weighted by molar-refractivity contribution is 14.1. The first-order valence-electron chi connectivity index (χ1n) is 6.26. The lowest BCUT2D eigenvalue weighted by Crippen LogP contribution is -2.27. The molecule has 1 aliphatic heterocycles. The third kappa shape index (κ3) is 3.27. The van der Waals surface area contributed by atoms with E-state index in [1.54, 1.807) is 22.7 Å². The lowest BCUT2D eigenvalue weighted by atomic mass is 10.3. The molecule has 0 radical (unpaired) electrons. The van der Waals surface area contributed by atoms with Crippen LogP contribution in [-0.2, 0) is 4.79 Å². The summed E-state index contributed by atoms with van der Waals surface area (Å²) in [4.78, 5) is 15.9. The minimum Gasteiger partial charge on any atom is -0.451 e. The summed E-state index contributed by atoms with van der Waals surface area (Å²) in [6, 6.07) is 11.5. The molecule has 0 saturated carbocycles. The number of thioether (sulfide) groups is 2. The Kier molecular flexibility index (Phi) is 4.96. The summed E-state index contributed by atoms with van der Waals surface area (Å²) < 4.78 is 6.81. The predicted molar refractivity (Wildman–Crippen MR) is 105 cm³/mol. The van der Waals surface area contributed by atoms with Gasteiger partial charge in [0, 0.05) is 11.0 Å². The van der Waals surface area contributed by atoms with E-state index >= 15 is 0 Å². The van der Waals surface area contributed by atoms with Crippen molar-refractivity contribution < 1.29 is 9.21 Å². The lowest BCUT2D eigenvalue weighted by molar-refractivity contribution is -0.113. The number of nitrogens with zero attached hydrogens (tertiary/aromatic N) is 1. The zero-order valence-electron chi connectivity index (χ0n) is 11.4. The SMILES string of the molecule is CSc1cccc(N2C(=O)/C(=C/c3ccc(I)o3)SC2=S)c1. The number of benzene rings is 1. The highest BCUT2D eigenvalue weighted by atomic mass is 127. The Morgan fingerprint density at radius 1 is 1.36 bits per heavy atom. The summed E-state index contributed by atoms with van der Waals surface area (Å²) in [6.45, 7) is 0. The van der Waals surface area contributed by atoms with Gasteiger partial charge in [0.2, 0.25) is 0 Å². The molecule has 2 aromatic rings. The molecule has 1 aliphatic rings. The van der Waals surface area contributed by atoms with E-state index in [1.165, 1.54) is 11.8 Å². The fourth-order valence-electron chi connectivity index (χ4n) is 1.97. The van der Waals surface area contributed by atoms with Gasteiger partial charge < -0.3 is 4.42 Å². The molecule has 0 unspecified atom stereocenters. The third-order valence-electron chi connectivity index (χ3n) is 2.97. The molecule has 1 fully saturated rings. The molecule has 1 aromatic carbocycles. The van der Waals surface area contributed by atoms with Gasteiger partial charge in [0.25, 0.3) is 5.91 Å². The Balaban J connectivity index is 1.92. The van der Waals surface area contributed by atoms with E-state index in [1.807, 2.05) is 42.7 Å². The maximum atomic E-state index is 12.6. The minimum absolute atomic E-state index is 0.111. The molecule has 3 nitrogen and oxygen atoms in total. The summed E-state index contributed by atoms with van der Waals surface area (Å²) in [5, 5.41) is 0. The van der Waals surface area contributed by atoms with Gasteiger partial charge in [-0.15, -0.1) is 11.8 Å². The number of rotatable bonds is 3. The van der Waals surface area contributed by atoms with Gasteiger partial charge in [0.15, 0.2) is 8.09 Å². The zero-order chi connectivity index (χ0) is 15.7. The number of thiocarbonyl (C=S) groups is 1. The summed E-state index contributed by atoms with van der Waals surface area (Å²) in [5.74, 6) is 0.544. The van der Waals surface area contributed by atoms with Gasteiger partial charge in [-0.05, 0) is 59.2 Å². The average Bonchev–Trinajstić information content (AvgIpc) is 3.03. The van der Waals surface area contributed by atoms with Crippen LogP contribution >= 0.6 is 58.3 Å². The maximum absolute atomic E-state index is 12.6. The van der Waals surface area contributed by atoms with E-state index in [4.69, 9.17) is 16.6 Å². The van der Waals surface area contributed by atoms with Gasteiger partial charge in [0.05, 0.1) is 10.6 Å². The standard InChI is InChI=1S/C15H10INO2S3/c1-21-11-4-2-3-9(7-11)17-14(18)12(22-15(17)20)8-10-5-6-13(16)19-10/h2-8H,1H3/b12-8-. The average molecular weight is 459 g/mol. The number of amides is 1. The summed E-state index contributed by atoms with van der Waals surface area (Å²) in [7, 11) is 0. The zero-order valence-corrected chi connectivity index (χ0v) is 16.0. The Morgan fingerprint density at radius 2 is 2.18 bits per heavy atom. The number of furan rings is 1. The molecule has 0 N–H and O–H groups in total. The van der Waals surface area contributed by atoms with Crippen molar-refractivity contribution in [1.29, 1.82) is 0 Å². The molecular formula is C15H10INO2S3. The smallest absolute Gasteiger partial charge is 0.270 e. The van der Waals surface area contributed by atoms with Gasteiger partial charge >= 0.3 is 0 Å². The van der Waals surface area contributed by atoms with E-state index in [0.29, 0.717) is 15.0 Å². The quantitative estimate of drug-likeness (QED) is 0.279. The number of anilines is 1. The molecule has 7 heteroatoms. The number of hydrogen-bond donors (Lipinski definition) is 0. The molecule has 22 heavy (non-hydrogen) atoms. The van der Waals surface area contributed by atoms with E-state index in [-0.39, 0.29) is 5.91 Å². The van der Waals surface area contributed by atoms with Crippen LogP contribution < -0.4 is 4.90 Å². The van der Waals surface area contributed by atoms with Crippen LogP contribution in [0.25, 0.3) is 6.08 Å². The molecule has 0 atom stereocenters. The molecular weight excluding hydrogens is 449 g/mol. The van der Waals surface area contributed by atoms with Gasteiger partial charge in [-0.2, -0.15) is 0 Å². The number of halogens is 1.